The molecule has 6 nitrogen and oxygen atoms in total. The van der Waals surface area contributed by atoms with Crippen molar-refractivity contribution in [3.05, 3.63) is 47.7 Å². The Balaban J connectivity index is 1.31. The fraction of sp³-hybridized carbons (Fsp3) is 0.429. The van der Waals surface area contributed by atoms with Crippen molar-refractivity contribution in [1.82, 2.24) is 10.3 Å². The van der Waals surface area contributed by atoms with Crippen LogP contribution in [0.5, 0.6) is 11.5 Å². The second-order valence-corrected chi connectivity index (χ2v) is 7.14. The zero-order chi connectivity index (χ0) is 18.5. The van der Waals surface area contributed by atoms with Gasteiger partial charge in [0.2, 0.25) is 6.79 Å². The molecule has 2 aromatic rings. The van der Waals surface area contributed by atoms with Gasteiger partial charge in [-0.3, -0.25) is 4.79 Å². The summed E-state index contributed by atoms with van der Waals surface area (Å²) in [5.74, 6) is 2.17. The van der Waals surface area contributed by atoms with E-state index in [0.717, 1.165) is 22.9 Å². The van der Waals surface area contributed by atoms with Crippen molar-refractivity contribution in [1.29, 1.82) is 0 Å². The first-order chi connectivity index (χ1) is 13.3. The van der Waals surface area contributed by atoms with Crippen molar-refractivity contribution in [2.75, 3.05) is 12.1 Å². The van der Waals surface area contributed by atoms with Crippen LogP contribution in [0, 0.1) is 0 Å². The van der Waals surface area contributed by atoms with E-state index < -0.39 is 0 Å². The Kier molecular flexibility index (Phi) is 5.42. The minimum Gasteiger partial charge on any atom is -0.454 e. The summed E-state index contributed by atoms with van der Waals surface area (Å²) in [5.41, 5.74) is 1.52. The zero-order valence-corrected chi connectivity index (χ0v) is 15.4. The van der Waals surface area contributed by atoms with E-state index >= 15 is 0 Å². The molecule has 1 aliphatic heterocycles. The van der Waals surface area contributed by atoms with Crippen molar-refractivity contribution in [2.24, 2.45) is 0 Å². The van der Waals surface area contributed by atoms with E-state index in [4.69, 9.17) is 9.47 Å². The highest BCUT2D eigenvalue weighted by Crippen LogP contribution is 2.32. The van der Waals surface area contributed by atoms with E-state index in [1.54, 1.807) is 6.20 Å². The van der Waals surface area contributed by atoms with Crippen LogP contribution in [0.2, 0.25) is 0 Å². The van der Waals surface area contributed by atoms with Crippen molar-refractivity contribution in [2.45, 2.75) is 51.1 Å². The number of hydrogen-bond acceptors (Lipinski definition) is 5. The molecule has 1 aromatic heterocycles. The fourth-order valence-corrected chi connectivity index (χ4v) is 3.58. The molecular weight excluding hydrogens is 342 g/mol. The van der Waals surface area contributed by atoms with Crippen LogP contribution in [-0.2, 0) is 6.54 Å². The molecule has 2 heterocycles. The Hall–Kier alpha value is -2.76. The predicted molar refractivity (Wildman–Crippen MR) is 103 cm³/mol. The molecule has 2 aliphatic rings. The van der Waals surface area contributed by atoms with Crippen molar-refractivity contribution >= 4 is 11.7 Å². The molecule has 1 aromatic carbocycles. The Morgan fingerprint density at radius 3 is 2.63 bits per heavy atom. The molecule has 4 rings (SSSR count). The lowest BCUT2D eigenvalue weighted by Gasteiger charge is -2.16. The number of ether oxygens (including phenoxy) is 2. The van der Waals surface area contributed by atoms with Gasteiger partial charge >= 0.3 is 0 Å². The number of nitrogens with one attached hydrogen (secondary N) is 2. The van der Waals surface area contributed by atoms with Gasteiger partial charge < -0.3 is 20.1 Å². The highest BCUT2D eigenvalue weighted by Gasteiger charge is 2.15. The molecule has 0 saturated heterocycles. The molecule has 1 saturated carbocycles. The Morgan fingerprint density at radius 1 is 1.04 bits per heavy atom. The van der Waals surface area contributed by atoms with Crippen LogP contribution in [0.4, 0.5) is 5.82 Å². The number of nitrogens with zero attached hydrogens (tertiary/aromatic N) is 1. The molecule has 6 heteroatoms. The summed E-state index contributed by atoms with van der Waals surface area (Å²) < 4.78 is 10.7. The van der Waals surface area contributed by atoms with Crippen LogP contribution in [0.1, 0.15) is 54.4 Å². The summed E-state index contributed by atoms with van der Waals surface area (Å²) in [5, 5.41) is 6.42. The molecule has 0 bridgehead atoms. The van der Waals surface area contributed by atoms with Gasteiger partial charge in [0, 0.05) is 18.8 Å². The summed E-state index contributed by atoms with van der Waals surface area (Å²) >= 11 is 0. The van der Waals surface area contributed by atoms with Gasteiger partial charge in [0.15, 0.2) is 11.5 Å². The van der Waals surface area contributed by atoms with E-state index in [1.165, 1.54) is 38.5 Å². The Labute approximate surface area is 159 Å². The fourth-order valence-electron chi connectivity index (χ4n) is 3.58. The average molecular weight is 367 g/mol. The van der Waals surface area contributed by atoms with Gasteiger partial charge in [-0.05, 0) is 42.7 Å². The van der Waals surface area contributed by atoms with Crippen LogP contribution in [0.25, 0.3) is 0 Å². The van der Waals surface area contributed by atoms with Crippen LogP contribution in [0.15, 0.2) is 36.5 Å². The first kappa shape index (κ1) is 17.6. The SMILES string of the molecule is O=C(NCc1ccc2c(c1)OCO2)c1ccc(NC2CCCCCC2)nc1. The molecular formula is C21H25N3O3. The van der Waals surface area contributed by atoms with Gasteiger partial charge in [0.25, 0.3) is 5.91 Å². The van der Waals surface area contributed by atoms with Gasteiger partial charge in [-0.25, -0.2) is 4.98 Å². The number of pyridine rings is 1. The number of benzene rings is 1. The maximum absolute atomic E-state index is 12.4. The molecule has 1 amide bonds. The summed E-state index contributed by atoms with van der Waals surface area (Å²) in [7, 11) is 0. The molecule has 0 radical (unpaired) electrons. The molecule has 0 unspecified atom stereocenters. The van der Waals surface area contributed by atoms with Crippen LogP contribution < -0.4 is 20.1 Å². The van der Waals surface area contributed by atoms with E-state index in [1.807, 2.05) is 30.3 Å². The first-order valence-electron chi connectivity index (χ1n) is 9.67. The number of hydrogen-bond donors (Lipinski definition) is 2. The molecule has 27 heavy (non-hydrogen) atoms. The second kappa shape index (κ2) is 8.29. The number of amides is 1. The normalized spacial score (nSPS) is 16.6. The number of carbonyl (C=O) groups excluding carboxylic acids is 1. The van der Waals surface area contributed by atoms with E-state index in [0.29, 0.717) is 18.2 Å². The minimum atomic E-state index is -0.138. The van der Waals surface area contributed by atoms with E-state index in [2.05, 4.69) is 15.6 Å². The molecule has 142 valence electrons. The highest BCUT2D eigenvalue weighted by atomic mass is 16.7. The lowest BCUT2D eigenvalue weighted by atomic mass is 10.1. The third kappa shape index (κ3) is 4.51. The van der Waals surface area contributed by atoms with Gasteiger partial charge in [0.05, 0.1) is 5.56 Å². The summed E-state index contributed by atoms with van der Waals surface area (Å²) in [6.07, 6.45) is 9.23. The average Bonchev–Trinajstić information content (AvgIpc) is 3.02. The quantitative estimate of drug-likeness (QED) is 0.785. The maximum atomic E-state index is 12.4. The molecule has 2 N–H and O–H groups in total. The van der Waals surface area contributed by atoms with E-state index in [-0.39, 0.29) is 12.7 Å². The van der Waals surface area contributed by atoms with Gasteiger partial charge in [-0.2, -0.15) is 0 Å². The third-order valence-corrected chi connectivity index (χ3v) is 5.12. The maximum Gasteiger partial charge on any atom is 0.253 e. The standard InChI is InChI=1S/C21H25N3O3/c25-21(23-12-15-7-9-18-19(11-15)27-14-26-18)16-8-10-20(22-13-16)24-17-5-3-1-2-4-6-17/h7-11,13,17H,1-6,12,14H2,(H,22,24)(H,23,25). The lowest BCUT2D eigenvalue weighted by Crippen LogP contribution is -2.23. The lowest BCUT2D eigenvalue weighted by molar-refractivity contribution is 0.0950. The van der Waals surface area contributed by atoms with Crippen molar-refractivity contribution in [3.8, 4) is 11.5 Å². The number of fused-ring (bicyclic) bond motifs is 1. The van der Waals surface area contributed by atoms with Gasteiger partial charge in [-0.1, -0.05) is 31.7 Å². The summed E-state index contributed by atoms with van der Waals surface area (Å²) in [4.78, 5) is 16.8. The van der Waals surface area contributed by atoms with Crippen LogP contribution in [-0.4, -0.2) is 23.7 Å². The predicted octanol–water partition coefficient (Wildman–Crippen LogP) is 3.88. The molecule has 1 fully saturated rings. The van der Waals surface area contributed by atoms with Gasteiger partial charge in [-0.15, -0.1) is 0 Å². The van der Waals surface area contributed by atoms with Crippen LogP contribution >= 0.6 is 0 Å². The Bertz CT molecular complexity index is 784. The largest absolute Gasteiger partial charge is 0.454 e. The molecule has 0 spiro atoms. The number of aromatic nitrogens is 1. The summed E-state index contributed by atoms with van der Waals surface area (Å²) in [6, 6.07) is 9.87. The zero-order valence-electron chi connectivity index (χ0n) is 15.4. The topological polar surface area (TPSA) is 72.5 Å². The van der Waals surface area contributed by atoms with Crippen LogP contribution in [0.3, 0.4) is 0 Å². The first-order valence-corrected chi connectivity index (χ1v) is 9.67. The minimum absolute atomic E-state index is 0.138. The van der Waals surface area contributed by atoms with Crippen molar-refractivity contribution < 1.29 is 14.3 Å². The third-order valence-electron chi connectivity index (χ3n) is 5.12. The number of carbonyl (C=O) groups is 1. The highest BCUT2D eigenvalue weighted by molar-refractivity contribution is 5.94. The Morgan fingerprint density at radius 2 is 1.85 bits per heavy atom. The smallest absolute Gasteiger partial charge is 0.253 e. The van der Waals surface area contributed by atoms with E-state index in [9.17, 15) is 4.79 Å². The number of anilines is 1. The molecule has 1 aliphatic carbocycles. The second-order valence-electron chi connectivity index (χ2n) is 7.14. The summed E-state index contributed by atoms with van der Waals surface area (Å²) in [6.45, 7) is 0.676. The molecule has 0 atom stereocenters. The van der Waals surface area contributed by atoms with Crippen molar-refractivity contribution in [3.63, 3.8) is 0 Å². The monoisotopic (exact) mass is 367 g/mol. The van der Waals surface area contributed by atoms with Gasteiger partial charge in [0.1, 0.15) is 5.82 Å². The number of rotatable bonds is 5.